The molecule has 1 heterocycles. The van der Waals surface area contributed by atoms with Crippen molar-refractivity contribution in [3.05, 3.63) is 0 Å². The average Bonchev–Trinajstić information content (AvgIpc) is 2.18. The van der Waals surface area contributed by atoms with Crippen LogP contribution in [0.2, 0.25) is 0 Å². The molecule has 1 aliphatic heterocycles. The predicted molar refractivity (Wildman–Crippen MR) is 69.0 cm³/mol. The Bertz CT molecular complexity index is 240. The van der Waals surface area contributed by atoms with Crippen molar-refractivity contribution in [3.63, 3.8) is 0 Å². The number of carbonyl (C=O) groups is 1. The first kappa shape index (κ1) is 14.5. The minimum absolute atomic E-state index is 0.113. The SMILES string of the molecule is CN1CCC(NCCC(=O)OC(C)(C)C)CC1. The van der Waals surface area contributed by atoms with Gasteiger partial charge in [-0.1, -0.05) is 0 Å². The number of nitrogens with zero attached hydrogens (tertiary/aromatic N) is 1. The molecule has 4 nitrogen and oxygen atoms in total. The number of piperidine rings is 1. The third-order valence-corrected chi connectivity index (χ3v) is 2.90. The summed E-state index contributed by atoms with van der Waals surface area (Å²) in [5.74, 6) is -0.113. The lowest BCUT2D eigenvalue weighted by Gasteiger charge is -2.29. The zero-order valence-electron chi connectivity index (χ0n) is 11.6. The van der Waals surface area contributed by atoms with Gasteiger partial charge in [0.25, 0.3) is 0 Å². The highest BCUT2D eigenvalue weighted by Crippen LogP contribution is 2.09. The van der Waals surface area contributed by atoms with Crippen LogP contribution >= 0.6 is 0 Å². The zero-order chi connectivity index (χ0) is 12.9. The maximum atomic E-state index is 11.5. The summed E-state index contributed by atoms with van der Waals surface area (Å²) in [6, 6.07) is 0.564. The Morgan fingerprint density at radius 1 is 1.35 bits per heavy atom. The first-order valence-electron chi connectivity index (χ1n) is 6.50. The molecule has 17 heavy (non-hydrogen) atoms. The van der Waals surface area contributed by atoms with E-state index in [0.717, 1.165) is 19.6 Å². The summed E-state index contributed by atoms with van der Waals surface area (Å²) in [4.78, 5) is 13.8. The second kappa shape index (κ2) is 6.36. The van der Waals surface area contributed by atoms with Gasteiger partial charge in [0, 0.05) is 12.6 Å². The van der Waals surface area contributed by atoms with Crippen molar-refractivity contribution in [3.8, 4) is 0 Å². The first-order valence-corrected chi connectivity index (χ1v) is 6.50. The summed E-state index contributed by atoms with van der Waals surface area (Å²) in [6.45, 7) is 8.71. The van der Waals surface area contributed by atoms with Gasteiger partial charge in [0.05, 0.1) is 6.42 Å². The van der Waals surface area contributed by atoms with Gasteiger partial charge in [-0.15, -0.1) is 0 Å². The molecule has 0 bridgehead atoms. The van der Waals surface area contributed by atoms with Gasteiger partial charge in [-0.25, -0.2) is 0 Å². The molecule has 0 atom stereocenters. The summed E-state index contributed by atoms with van der Waals surface area (Å²) in [5, 5.41) is 3.43. The van der Waals surface area contributed by atoms with Gasteiger partial charge in [-0.05, 0) is 53.8 Å². The Morgan fingerprint density at radius 3 is 2.47 bits per heavy atom. The van der Waals surface area contributed by atoms with Crippen LogP contribution in [0.4, 0.5) is 0 Å². The molecule has 100 valence electrons. The fourth-order valence-corrected chi connectivity index (χ4v) is 1.98. The number of rotatable bonds is 4. The largest absolute Gasteiger partial charge is 0.460 e. The van der Waals surface area contributed by atoms with Crippen LogP contribution in [0.1, 0.15) is 40.0 Å². The molecule has 0 spiro atoms. The Kier molecular flexibility index (Phi) is 5.40. The standard InChI is InChI=1S/C13H26N2O2/c1-13(2,3)17-12(16)5-8-14-11-6-9-15(4)10-7-11/h11,14H,5-10H2,1-4H3. The summed E-state index contributed by atoms with van der Waals surface area (Å²) in [7, 11) is 2.15. The van der Waals surface area contributed by atoms with E-state index in [1.807, 2.05) is 20.8 Å². The molecule has 1 saturated heterocycles. The van der Waals surface area contributed by atoms with Crippen molar-refractivity contribution in [2.75, 3.05) is 26.7 Å². The number of likely N-dealkylation sites (tertiary alicyclic amines) is 1. The molecule has 0 aliphatic carbocycles. The molecule has 0 unspecified atom stereocenters. The lowest BCUT2D eigenvalue weighted by atomic mass is 10.1. The molecule has 4 heteroatoms. The molecule has 0 saturated carbocycles. The van der Waals surface area contributed by atoms with E-state index in [1.54, 1.807) is 0 Å². The fraction of sp³-hybridized carbons (Fsp3) is 0.923. The zero-order valence-corrected chi connectivity index (χ0v) is 11.6. The van der Waals surface area contributed by atoms with Crippen LogP contribution in [-0.2, 0) is 9.53 Å². The van der Waals surface area contributed by atoms with Crippen molar-refractivity contribution >= 4 is 5.97 Å². The van der Waals surface area contributed by atoms with Crippen molar-refractivity contribution in [1.82, 2.24) is 10.2 Å². The number of nitrogens with one attached hydrogen (secondary N) is 1. The van der Waals surface area contributed by atoms with E-state index in [9.17, 15) is 4.79 Å². The summed E-state index contributed by atoms with van der Waals surface area (Å²) < 4.78 is 5.26. The van der Waals surface area contributed by atoms with E-state index >= 15 is 0 Å². The normalized spacial score (nSPS) is 19.3. The van der Waals surface area contributed by atoms with Crippen LogP contribution in [0, 0.1) is 0 Å². The number of hydrogen-bond acceptors (Lipinski definition) is 4. The average molecular weight is 242 g/mol. The highest BCUT2D eigenvalue weighted by Gasteiger charge is 2.18. The molecular formula is C13H26N2O2. The predicted octanol–water partition coefficient (Wildman–Crippen LogP) is 1.40. The molecule has 1 aliphatic rings. The molecule has 0 aromatic carbocycles. The lowest BCUT2D eigenvalue weighted by Crippen LogP contribution is -2.41. The molecule has 1 rings (SSSR count). The molecular weight excluding hydrogens is 216 g/mol. The van der Waals surface area contributed by atoms with E-state index in [0.29, 0.717) is 12.5 Å². The van der Waals surface area contributed by atoms with Gasteiger partial charge in [0.1, 0.15) is 5.60 Å². The van der Waals surface area contributed by atoms with E-state index in [-0.39, 0.29) is 11.6 Å². The van der Waals surface area contributed by atoms with Gasteiger partial charge in [-0.3, -0.25) is 4.79 Å². The van der Waals surface area contributed by atoms with Gasteiger partial charge in [0.2, 0.25) is 0 Å². The van der Waals surface area contributed by atoms with E-state index in [1.165, 1.54) is 12.8 Å². The smallest absolute Gasteiger partial charge is 0.307 e. The number of esters is 1. The highest BCUT2D eigenvalue weighted by atomic mass is 16.6. The summed E-state index contributed by atoms with van der Waals surface area (Å²) >= 11 is 0. The van der Waals surface area contributed by atoms with Gasteiger partial charge in [-0.2, -0.15) is 0 Å². The summed E-state index contributed by atoms with van der Waals surface area (Å²) in [6.07, 6.45) is 2.80. The van der Waals surface area contributed by atoms with E-state index in [2.05, 4.69) is 17.3 Å². The Labute approximate surface area is 105 Å². The number of hydrogen-bond donors (Lipinski definition) is 1. The van der Waals surface area contributed by atoms with E-state index in [4.69, 9.17) is 4.74 Å². The Balaban J connectivity index is 2.09. The van der Waals surface area contributed by atoms with Crippen LogP contribution in [0.25, 0.3) is 0 Å². The van der Waals surface area contributed by atoms with Crippen LogP contribution in [-0.4, -0.2) is 49.2 Å². The maximum absolute atomic E-state index is 11.5. The van der Waals surface area contributed by atoms with Crippen molar-refractivity contribution in [2.45, 2.75) is 51.7 Å². The minimum Gasteiger partial charge on any atom is -0.460 e. The monoisotopic (exact) mass is 242 g/mol. The van der Waals surface area contributed by atoms with E-state index < -0.39 is 0 Å². The van der Waals surface area contributed by atoms with Gasteiger partial charge in [0.15, 0.2) is 0 Å². The third-order valence-electron chi connectivity index (χ3n) is 2.90. The van der Waals surface area contributed by atoms with Crippen LogP contribution < -0.4 is 5.32 Å². The van der Waals surface area contributed by atoms with Gasteiger partial charge >= 0.3 is 5.97 Å². The minimum atomic E-state index is -0.370. The Hall–Kier alpha value is -0.610. The Morgan fingerprint density at radius 2 is 1.94 bits per heavy atom. The van der Waals surface area contributed by atoms with Crippen LogP contribution in [0.15, 0.2) is 0 Å². The van der Waals surface area contributed by atoms with Crippen molar-refractivity contribution in [1.29, 1.82) is 0 Å². The van der Waals surface area contributed by atoms with Gasteiger partial charge < -0.3 is 15.0 Å². The maximum Gasteiger partial charge on any atom is 0.307 e. The van der Waals surface area contributed by atoms with Crippen molar-refractivity contribution < 1.29 is 9.53 Å². The molecule has 1 N–H and O–H groups in total. The second-order valence-corrected chi connectivity index (χ2v) is 5.87. The lowest BCUT2D eigenvalue weighted by molar-refractivity contribution is -0.154. The third kappa shape index (κ3) is 6.64. The molecule has 0 radical (unpaired) electrons. The number of carbonyl (C=O) groups excluding carboxylic acids is 1. The topological polar surface area (TPSA) is 41.6 Å². The van der Waals surface area contributed by atoms with Crippen molar-refractivity contribution in [2.24, 2.45) is 0 Å². The molecule has 0 amide bonds. The summed E-state index contributed by atoms with van der Waals surface area (Å²) in [5.41, 5.74) is -0.370. The molecule has 0 aromatic rings. The highest BCUT2D eigenvalue weighted by molar-refractivity contribution is 5.70. The second-order valence-electron chi connectivity index (χ2n) is 5.87. The fourth-order valence-electron chi connectivity index (χ4n) is 1.98. The first-order chi connectivity index (χ1) is 7.87. The number of ether oxygens (including phenoxy) is 1. The van der Waals surface area contributed by atoms with Crippen LogP contribution in [0.3, 0.4) is 0 Å². The molecule has 0 aromatic heterocycles. The quantitative estimate of drug-likeness (QED) is 0.757. The molecule has 1 fully saturated rings. The van der Waals surface area contributed by atoms with Crippen LogP contribution in [0.5, 0.6) is 0 Å².